The molecule has 39 heavy (non-hydrogen) atoms. The van der Waals surface area contributed by atoms with Crippen molar-refractivity contribution in [2.24, 2.45) is 7.05 Å². The predicted molar refractivity (Wildman–Crippen MR) is 134 cm³/mol. The third-order valence-corrected chi connectivity index (χ3v) is 6.29. The van der Waals surface area contributed by atoms with Crippen molar-refractivity contribution in [1.82, 2.24) is 34.0 Å². The number of halogens is 6. The number of fused-ring (bicyclic) bond motifs is 2. The van der Waals surface area contributed by atoms with E-state index < -0.39 is 29.0 Å². The molecule has 10 nitrogen and oxygen atoms in total. The molecule has 4 aromatic heterocycles. The van der Waals surface area contributed by atoms with Gasteiger partial charge in [0.25, 0.3) is 5.91 Å². The highest BCUT2D eigenvalue weighted by molar-refractivity contribution is 6.36. The fourth-order valence-electron chi connectivity index (χ4n) is 3.80. The van der Waals surface area contributed by atoms with E-state index in [1.165, 1.54) is 48.8 Å². The fraction of sp³-hybridized carbons (Fsp3) is 0.174. The van der Waals surface area contributed by atoms with Crippen molar-refractivity contribution in [3.63, 3.8) is 0 Å². The van der Waals surface area contributed by atoms with Gasteiger partial charge >= 0.3 is 6.18 Å². The van der Waals surface area contributed by atoms with Crippen LogP contribution in [0.2, 0.25) is 10.2 Å². The summed E-state index contributed by atoms with van der Waals surface area (Å²) >= 11 is 12.8. The number of nitrogens with zero attached hydrogens (tertiary/aromatic N) is 7. The van der Waals surface area contributed by atoms with E-state index in [0.29, 0.717) is 11.6 Å². The van der Waals surface area contributed by atoms with E-state index in [1.54, 1.807) is 6.20 Å². The zero-order valence-electron chi connectivity index (χ0n) is 20.2. The number of pyridine rings is 1. The van der Waals surface area contributed by atoms with E-state index in [1.807, 2.05) is 0 Å². The Hall–Kier alpha value is -4.17. The standard InChI is InChI=1S/C23H16Cl2F4N8O2/c1-35(2)21(38)11-6-10(7-12(16(11)26)23(27,28)29)33-22-34-20-18(36(22)3)15(24)13(8-31-20)39-14-9-32-37-5-4-30-19(25)17(14)37/h4-9H,1-3H3,(H,31,33,34). The third kappa shape index (κ3) is 4.65. The number of hydrogen-bond acceptors (Lipinski definition) is 7. The first-order chi connectivity index (χ1) is 18.4. The Balaban J connectivity index is 1.55. The molecule has 1 aromatic carbocycles. The summed E-state index contributed by atoms with van der Waals surface area (Å²) in [6.45, 7) is 0. The third-order valence-electron chi connectivity index (χ3n) is 5.65. The van der Waals surface area contributed by atoms with Crippen LogP contribution in [0.25, 0.3) is 16.7 Å². The molecule has 4 heterocycles. The van der Waals surface area contributed by atoms with Crippen LogP contribution < -0.4 is 10.1 Å². The molecule has 202 valence electrons. The molecule has 0 unspecified atom stereocenters. The number of imidazole rings is 1. The van der Waals surface area contributed by atoms with Crippen molar-refractivity contribution in [2.75, 3.05) is 19.4 Å². The van der Waals surface area contributed by atoms with E-state index in [-0.39, 0.29) is 44.5 Å². The molecular weight excluding hydrogens is 567 g/mol. The topological polar surface area (TPSA) is 102 Å². The number of aromatic nitrogens is 6. The molecule has 0 saturated heterocycles. The predicted octanol–water partition coefficient (Wildman–Crippen LogP) is 5.71. The summed E-state index contributed by atoms with van der Waals surface area (Å²) in [5.74, 6) is -2.23. The van der Waals surface area contributed by atoms with Crippen LogP contribution in [0.15, 0.2) is 36.9 Å². The van der Waals surface area contributed by atoms with Crippen LogP contribution >= 0.6 is 23.2 Å². The van der Waals surface area contributed by atoms with Crippen molar-refractivity contribution < 1.29 is 27.1 Å². The highest BCUT2D eigenvalue weighted by atomic mass is 35.5. The number of amides is 1. The van der Waals surface area contributed by atoms with Gasteiger partial charge in [0.05, 0.1) is 23.5 Å². The number of rotatable bonds is 5. The number of aryl methyl sites for hydroxylation is 1. The molecule has 0 radical (unpaired) electrons. The maximum atomic E-state index is 14.6. The van der Waals surface area contributed by atoms with Crippen LogP contribution in [0, 0.1) is 5.82 Å². The van der Waals surface area contributed by atoms with Gasteiger partial charge in [-0.05, 0) is 12.1 Å². The maximum Gasteiger partial charge on any atom is 0.419 e. The highest BCUT2D eigenvalue weighted by Gasteiger charge is 2.37. The smallest absolute Gasteiger partial charge is 0.419 e. The van der Waals surface area contributed by atoms with Crippen LogP contribution in [0.4, 0.5) is 29.2 Å². The van der Waals surface area contributed by atoms with Gasteiger partial charge in [-0.25, -0.2) is 18.9 Å². The Labute approximate surface area is 226 Å². The number of carbonyl (C=O) groups is 1. The van der Waals surface area contributed by atoms with Crippen LogP contribution in [0.5, 0.6) is 11.5 Å². The molecule has 5 aromatic rings. The minimum absolute atomic E-state index is 0.0164. The molecular formula is C23H16Cl2F4N8O2. The summed E-state index contributed by atoms with van der Waals surface area (Å²) in [4.78, 5) is 25.9. The average molecular weight is 583 g/mol. The Bertz CT molecular complexity index is 1770. The first-order valence-corrected chi connectivity index (χ1v) is 11.7. The number of anilines is 2. The van der Waals surface area contributed by atoms with Gasteiger partial charge in [-0.1, -0.05) is 23.2 Å². The zero-order valence-corrected chi connectivity index (χ0v) is 21.7. The quantitative estimate of drug-likeness (QED) is 0.265. The number of nitrogens with one attached hydrogen (secondary N) is 1. The number of alkyl halides is 3. The highest BCUT2D eigenvalue weighted by Crippen LogP contribution is 2.39. The van der Waals surface area contributed by atoms with Gasteiger partial charge in [-0.15, -0.1) is 0 Å². The maximum absolute atomic E-state index is 14.6. The molecule has 5 rings (SSSR count). The van der Waals surface area contributed by atoms with E-state index in [0.717, 1.165) is 11.0 Å². The van der Waals surface area contributed by atoms with E-state index in [4.69, 9.17) is 27.9 Å². The van der Waals surface area contributed by atoms with Gasteiger partial charge in [0.1, 0.15) is 21.9 Å². The number of benzene rings is 1. The van der Waals surface area contributed by atoms with Gasteiger partial charge < -0.3 is 19.5 Å². The summed E-state index contributed by atoms with van der Waals surface area (Å²) in [6.07, 6.45) is 0.716. The number of hydrogen-bond donors (Lipinski definition) is 1. The van der Waals surface area contributed by atoms with Crippen molar-refractivity contribution >= 4 is 57.4 Å². The Kier molecular flexibility index (Phi) is 6.47. The SMILES string of the molecule is CN(C)C(=O)c1cc(Nc2nc3ncc(Oc4cnn5ccnc(Cl)c45)c(Cl)c3n2C)cc(C(F)(F)F)c1F. The molecule has 0 bridgehead atoms. The lowest BCUT2D eigenvalue weighted by molar-refractivity contribution is -0.140. The van der Waals surface area contributed by atoms with Crippen LogP contribution in [-0.2, 0) is 13.2 Å². The molecule has 1 amide bonds. The van der Waals surface area contributed by atoms with Gasteiger partial charge in [-0.3, -0.25) is 4.79 Å². The molecule has 0 aliphatic carbocycles. The molecule has 16 heteroatoms. The summed E-state index contributed by atoms with van der Waals surface area (Å²) in [5.41, 5.74) is -1.79. The lowest BCUT2D eigenvalue weighted by atomic mass is 10.1. The fourth-order valence-corrected chi connectivity index (χ4v) is 4.33. The molecule has 0 spiro atoms. The summed E-state index contributed by atoms with van der Waals surface area (Å²) in [7, 11) is 4.13. The Morgan fingerprint density at radius 2 is 1.85 bits per heavy atom. The largest absolute Gasteiger partial charge is 0.450 e. The molecule has 0 atom stereocenters. The second-order valence-electron chi connectivity index (χ2n) is 8.43. The van der Waals surface area contributed by atoms with Crippen molar-refractivity contribution in [3.05, 3.63) is 64.0 Å². The molecule has 1 N–H and O–H groups in total. The lowest BCUT2D eigenvalue weighted by Crippen LogP contribution is -2.24. The summed E-state index contributed by atoms with van der Waals surface area (Å²) in [5, 5.41) is 7.06. The van der Waals surface area contributed by atoms with E-state index in [2.05, 4.69) is 25.4 Å². The zero-order chi connectivity index (χ0) is 28.2. The second kappa shape index (κ2) is 9.54. The van der Waals surface area contributed by atoms with Crippen LogP contribution in [0.3, 0.4) is 0 Å². The summed E-state index contributed by atoms with van der Waals surface area (Å²) < 4.78 is 64.1. The Morgan fingerprint density at radius 1 is 1.10 bits per heavy atom. The van der Waals surface area contributed by atoms with Crippen LogP contribution in [0.1, 0.15) is 15.9 Å². The minimum atomic E-state index is -5.05. The van der Waals surface area contributed by atoms with Gasteiger partial charge in [-0.2, -0.15) is 23.3 Å². The minimum Gasteiger partial charge on any atom is -0.450 e. The lowest BCUT2D eigenvalue weighted by Gasteiger charge is -2.17. The van der Waals surface area contributed by atoms with Crippen molar-refractivity contribution in [1.29, 1.82) is 0 Å². The second-order valence-corrected chi connectivity index (χ2v) is 9.17. The molecule has 0 fully saturated rings. The van der Waals surface area contributed by atoms with Gasteiger partial charge in [0.2, 0.25) is 5.95 Å². The van der Waals surface area contributed by atoms with Crippen LogP contribution in [-0.4, -0.2) is 54.0 Å². The summed E-state index contributed by atoms with van der Waals surface area (Å²) in [6, 6.07) is 1.52. The van der Waals surface area contributed by atoms with Crippen molar-refractivity contribution in [2.45, 2.75) is 6.18 Å². The number of ether oxygens (including phenoxy) is 1. The average Bonchev–Trinajstić information content (AvgIpc) is 3.42. The van der Waals surface area contributed by atoms with E-state index in [9.17, 15) is 22.4 Å². The molecule has 0 aliphatic rings. The number of carbonyl (C=O) groups excluding carboxylic acids is 1. The van der Waals surface area contributed by atoms with E-state index >= 15 is 0 Å². The molecule has 0 aliphatic heterocycles. The first kappa shape index (κ1) is 26.4. The first-order valence-electron chi connectivity index (χ1n) is 10.9. The monoisotopic (exact) mass is 582 g/mol. The Morgan fingerprint density at radius 3 is 2.54 bits per heavy atom. The normalized spacial score (nSPS) is 11.8. The van der Waals surface area contributed by atoms with Gasteiger partial charge in [0.15, 0.2) is 22.3 Å². The molecule has 0 saturated carbocycles. The van der Waals surface area contributed by atoms with Gasteiger partial charge in [0, 0.05) is 39.2 Å². The van der Waals surface area contributed by atoms with Crippen molar-refractivity contribution in [3.8, 4) is 11.5 Å².